The average Bonchev–Trinajstić information content (AvgIpc) is 2.34. The third kappa shape index (κ3) is 4.35. The zero-order valence-electron chi connectivity index (χ0n) is 12.5. The van der Waals surface area contributed by atoms with Gasteiger partial charge in [0.15, 0.2) is 5.78 Å². The molecule has 0 saturated heterocycles. The molecule has 106 valence electrons. The smallest absolute Gasteiger partial charge is 0.195 e. The van der Waals surface area contributed by atoms with Gasteiger partial charge in [0.1, 0.15) is 11.9 Å². The van der Waals surface area contributed by atoms with Gasteiger partial charge < -0.3 is 9.47 Å². The van der Waals surface area contributed by atoms with E-state index < -0.39 is 6.10 Å². The van der Waals surface area contributed by atoms with E-state index in [4.69, 9.17) is 9.47 Å². The highest BCUT2D eigenvalue weighted by Crippen LogP contribution is 2.24. The second-order valence-electron chi connectivity index (χ2n) is 5.15. The first-order valence-electron chi connectivity index (χ1n) is 6.88. The molecular weight excluding hydrogens is 240 g/mol. The number of rotatable bonds is 7. The van der Waals surface area contributed by atoms with Crippen molar-refractivity contribution in [2.45, 2.75) is 46.8 Å². The predicted molar refractivity (Wildman–Crippen MR) is 76.8 cm³/mol. The Kier molecular flexibility index (Phi) is 6.03. The number of para-hydroxylation sites is 1. The number of carbonyl (C=O) groups is 1. The molecule has 0 aliphatic heterocycles. The monoisotopic (exact) mass is 264 g/mol. The van der Waals surface area contributed by atoms with Crippen molar-refractivity contribution >= 4 is 5.78 Å². The van der Waals surface area contributed by atoms with Gasteiger partial charge in [-0.2, -0.15) is 0 Å². The Morgan fingerprint density at radius 2 is 1.79 bits per heavy atom. The van der Waals surface area contributed by atoms with Crippen LogP contribution >= 0.6 is 0 Å². The van der Waals surface area contributed by atoms with Crippen molar-refractivity contribution in [3.05, 3.63) is 29.8 Å². The van der Waals surface area contributed by atoms with E-state index >= 15 is 0 Å². The zero-order chi connectivity index (χ0) is 14.4. The molecule has 0 N–H and O–H groups in total. The van der Waals surface area contributed by atoms with Crippen molar-refractivity contribution in [3.8, 4) is 5.75 Å². The standard InChI is InChI=1S/C16H24O3/c1-6-18-16(11(2)3)15(17)13-9-7-8-10-14(13)19-12(4)5/h7-12,16H,6H2,1-5H3. The Hall–Kier alpha value is -1.35. The van der Waals surface area contributed by atoms with Gasteiger partial charge in [-0.05, 0) is 38.8 Å². The van der Waals surface area contributed by atoms with Gasteiger partial charge in [0.25, 0.3) is 0 Å². The third-order valence-corrected chi connectivity index (χ3v) is 2.73. The van der Waals surface area contributed by atoms with Gasteiger partial charge in [-0.1, -0.05) is 26.0 Å². The molecule has 1 atom stereocenters. The molecule has 0 aromatic heterocycles. The molecule has 0 aliphatic rings. The first kappa shape index (κ1) is 15.7. The van der Waals surface area contributed by atoms with Crippen LogP contribution in [-0.2, 0) is 4.74 Å². The van der Waals surface area contributed by atoms with E-state index in [-0.39, 0.29) is 17.8 Å². The summed E-state index contributed by atoms with van der Waals surface area (Å²) in [5.74, 6) is 0.764. The lowest BCUT2D eigenvalue weighted by Crippen LogP contribution is -2.30. The summed E-state index contributed by atoms with van der Waals surface area (Å²) in [6.07, 6.45) is -0.375. The van der Waals surface area contributed by atoms with Crippen molar-refractivity contribution < 1.29 is 14.3 Å². The third-order valence-electron chi connectivity index (χ3n) is 2.73. The minimum Gasteiger partial charge on any atom is -0.490 e. The normalized spacial score (nSPS) is 12.8. The minimum absolute atomic E-state index is 0.00639. The molecule has 0 bridgehead atoms. The molecule has 1 unspecified atom stereocenters. The minimum atomic E-state index is -0.415. The lowest BCUT2D eigenvalue weighted by molar-refractivity contribution is 0.0276. The number of carbonyl (C=O) groups excluding carboxylic acids is 1. The van der Waals surface area contributed by atoms with Crippen LogP contribution in [0.2, 0.25) is 0 Å². The fraction of sp³-hybridized carbons (Fsp3) is 0.562. The van der Waals surface area contributed by atoms with Crippen LogP contribution in [0, 0.1) is 5.92 Å². The second kappa shape index (κ2) is 7.29. The van der Waals surface area contributed by atoms with Gasteiger partial charge in [0.2, 0.25) is 0 Å². The predicted octanol–water partition coefficient (Wildman–Crippen LogP) is 3.72. The Balaban J connectivity index is 3.03. The molecule has 1 aromatic rings. The van der Waals surface area contributed by atoms with Crippen LogP contribution in [0.1, 0.15) is 45.0 Å². The van der Waals surface area contributed by atoms with Crippen molar-refractivity contribution in [3.63, 3.8) is 0 Å². The highest BCUT2D eigenvalue weighted by Gasteiger charge is 2.26. The average molecular weight is 264 g/mol. The molecule has 0 fully saturated rings. The molecule has 0 aliphatic carbocycles. The van der Waals surface area contributed by atoms with Crippen molar-refractivity contribution in [2.75, 3.05) is 6.61 Å². The molecule has 0 amide bonds. The van der Waals surface area contributed by atoms with E-state index in [0.29, 0.717) is 17.9 Å². The fourth-order valence-corrected chi connectivity index (χ4v) is 1.93. The van der Waals surface area contributed by atoms with E-state index in [9.17, 15) is 4.79 Å². The molecule has 0 heterocycles. The quantitative estimate of drug-likeness (QED) is 0.704. The summed E-state index contributed by atoms with van der Waals surface area (Å²) in [7, 11) is 0. The van der Waals surface area contributed by atoms with Crippen molar-refractivity contribution in [1.29, 1.82) is 0 Å². The fourth-order valence-electron chi connectivity index (χ4n) is 1.93. The first-order valence-corrected chi connectivity index (χ1v) is 6.88. The Labute approximate surface area is 115 Å². The SMILES string of the molecule is CCOC(C(=O)c1ccccc1OC(C)C)C(C)C. The topological polar surface area (TPSA) is 35.5 Å². The summed E-state index contributed by atoms with van der Waals surface area (Å²) in [4.78, 5) is 12.6. The van der Waals surface area contributed by atoms with E-state index in [1.54, 1.807) is 6.07 Å². The van der Waals surface area contributed by atoms with E-state index in [0.717, 1.165) is 0 Å². The second-order valence-corrected chi connectivity index (χ2v) is 5.15. The highest BCUT2D eigenvalue weighted by molar-refractivity contribution is 6.02. The molecule has 0 radical (unpaired) electrons. The van der Waals surface area contributed by atoms with Crippen LogP contribution in [-0.4, -0.2) is 24.6 Å². The van der Waals surface area contributed by atoms with Crippen molar-refractivity contribution in [2.24, 2.45) is 5.92 Å². The van der Waals surface area contributed by atoms with E-state index in [2.05, 4.69) is 0 Å². The summed E-state index contributed by atoms with van der Waals surface area (Å²) in [5.41, 5.74) is 0.600. The Morgan fingerprint density at radius 1 is 1.16 bits per heavy atom. The maximum Gasteiger partial charge on any atom is 0.195 e. The number of Topliss-reactive ketones (excluding diaryl/α,β-unsaturated/α-hetero) is 1. The van der Waals surface area contributed by atoms with Gasteiger partial charge >= 0.3 is 0 Å². The summed E-state index contributed by atoms with van der Waals surface area (Å²) in [6.45, 7) is 10.3. The highest BCUT2D eigenvalue weighted by atomic mass is 16.5. The lowest BCUT2D eigenvalue weighted by atomic mass is 9.97. The van der Waals surface area contributed by atoms with Crippen LogP contribution < -0.4 is 4.74 Å². The van der Waals surface area contributed by atoms with Crippen LogP contribution in [0.4, 0.5) is 0 Å². The molecule has 3 nitrogen and oxygen atoms in total. The molecule has 0 saturated carbocycles. The van der Waals surface area contributed by atoms with Crippen LogP contribution in [0.3, 0.4) is 0 Å². The molecular formula is C16H24O3. The van der Waals surface area contributed by atoms with Gasteiger partial charge in [-0.25, -0.2) is 0 Å². The number of ether oxygens (including phenoxy) is 2. The molecule has 3 heteroatoms. The number of benzene rings is 1. The Bertz CT molecular complexity index is 410. The Morgan fingerprint density at radius 3 is 2.32 bits per heavy atom. The summed E-state index contributed by atoms with van der Waals surface area (Å²) >= 11 is 0. The van der Waals surface area contributed by atoms with E-state index in [1.807, 2.05) is 52.8 Å². The molecule has 0 spiro atoms. The summed E-state index contributed by atoms with van der Waals surface area (Å²) in [5, 5.41) is 0. The number of hydrogen-bond donors (Lipinski definition) is 0. The van der Waals surface area contributed by atoms with Crippen molar-refractivity contribution in [1.82, 2.24) is 0 Å². The van der Waals surface area contributed by atoms with Gasteiger partial charge in [-0.15, -0.1) is 0 Å². The van der Waals surface area contributed by atoms with Gasteiger partial charge in [0.05, 0.1) is 11.7 Å². The first-order chi connectivity index (χ1) is 8.97. The van der Waals surface area contributed by atoms with E-state index in [1.165, 1.54) is 0 Å². The number of hydrogen-bond acceptors (Lipinski definition) is 3. The summed E-state index contributed by atoms with van der Waals surface area (Å²) < 4.78 is 11.3. The largest absolute Gasteiger partial charge is 0.490 e. The maximum absolute atomic E-state index is 12.6. The van der Waals surface area contributed by atoms with Gasteiger partial charge in [0, 0.05) is 6.61 Å². The molecule has 1 aromatic carbocycles. The van der Waals surface area contributed by atoms with Crippen LogP contribution in [0.25, 0.3) is 0 Å². The van der Waals surface area contributed by atoms with Gasteiger partial charge in [-0.3, -0.25) is 4.79 Å². The van der Waals surface area contributed by atoms with Crippen LogP contribution in [0.5, 0.6) is 5.75 Å². The maximum atomic E-state index is 12.6. The molecule has 1 rings (SSSR count). The number of ketones is 1. The lowest BCUT2D eigenvalue weighted by Gasteiger charge is -2.21. The molecule has 19 heavy (non-hydrogen) atoms. The zero-order valence-corrected chi connectivity index (χ0v) is 12.5. The summed E-state index contributed by atoms with van der Waals surface area (Å²) in [6, 6.07) is 7.36. The van der Waals surface area contributed by atoms with Crippen LogP contribution in [0.15, 0.2) is 24.3 Å².